The first-order valence-corrected chi connectivity index (χ1v) is 11.6. The van der Waals surface area contributed by atoms with E-state index in [1.165, 1.54) is 26.2 Å². The van der Waals surface area contributed by atoms with Gasteiger partial charge in [0.15, 0.2) is 17.6 Å². The summed E-state index contributed by atoms with van der Waals surface area (Å²) in [6.45, 7) is 2.23. The van der Waals surface area contributed by atoms with Gasteiger partial charge < -0.3 is 24.8 Å². The average molecular weight is 443 g/mol. The maximum Gasteiger partial charge on any atom is 0.326 e. The third kappa shape index (κ3) is 4.14. The second-order valence-electron chi connectivity index (χ2n) is 9.86. The molecule has 1 atom stereocenters. The molecule has 2 amide bonds. The van der Waals surface area contributed by atoms with E-state index in [4.69, 9.17) is 14.2 Å². The first kappa shape index (κ1) is 21.1. The van der Waals surface area contributed by atoms with Gasteiger partial charge in [0.25, 0.3) is 5.91 Å². The molecule has 4 fully saturated rings. The lowest BCUT2D eigenvalue weighted by atomic mass is 9.49. The zero-order valence-electron chi connectivity index (χ0n) is 18.4. The Kier molecular flexibility index (Phi) is 5.47. The van der Waals surface area contributed by atoms with Crippen LogP contribution < -0.4 is 20.1 Å². The van der Waals surface area contributed by atoms with Gasteiger partial charge in [0.1, 0.15) is 19.8 Å². The zero-order chi connectivity index (χ0) is 22.3. The third-order valence-electron chi connectivity index (χ3n) is 7.40. The van der Waals surface area contributed by atoms with Crippen molar-refractivity contribution < 1.29 is 28.6 Å². The van der Waals surface area contributed by atoms with Crippen LogP contribution in [0.4, 0.5) is 5.69 Å². The highest BCUT2D eigenvalue weighted by Gasteiger charge is 2.54. The molecule has 1 unspecified atom stereocenters. The number of ether oxygens (including phenoxy) is 3. The normalized spacial score (nSPS) is 30.3. The Labute approximate surface area is 187 Å². The number of carbonyl (C=O) groups is 3. The van der Waals surface area contributed by atoms with Crippen LogP contribution in [0, 0.1) is 23.2 Å². The first-order chi connectivity index (χ1) is 15.4. The fourth-order valence-electron chi connectivity index (χ4n) is 6.39. The third-order valence-corrected chi connectivity index (χ3v) is 7.40. The summed E-state index contributed by atoms with van der Waals surface area (Å²) in [6, 6.07) is 5.10. The fraction of sp³-hybridized carbons (Fsp3) is 0.625. The molecule has 0 saturated heterocycles. The smallest absolute Gasteiger partial charge is 0.326 e. The average Bonchev–Trinajstić information content (AvgIpc) is 2.76. The van der Waals surface area contributed by atoms with Gasteiger partial charge in [0, 0.05) is 17.2 Å². The quantitative estimate of drug-likeness (QED) is 0.657. The fourth-order valence-corrected chi connectivity index (χ4v) is 6.39. The number of anilines is 1. The summed E-state index contributed by atoms with van der Waals surface area (Å²) in [4.78, 5) is 37.7. The van der Waals surface area contributed by atoms with Crippen LogP contribution in [0.15, 0.2) is 18.2 Å². The largest absolute Gasteiger partial charge is 0.486 e. The molecular weight excluding hydrogens is 412 g/mol. The molecule has 4 saturated carbocycles. The minimum Gasteiger partial charge on any atom is -0.486 e. The maximum atomic E-state index is 13.0. The van der Waals surface area contributed by atoms with Crippen LogP contribution in [-0.2, 0) is 19.1 Å². The van der Waals surface area contributed by atoms with Crippen LogP contribution in [-0.4, -0.2) is 43.6 Å². The van der Waals surface area contributed by atoms with Crippen molar-refractivity contribution in [1.82, 2.24) is 5.32 Å². The lowest BCUT2D eigenvalue weighted by Gasteiger charge is -2.55. The highest BCUT2D eigenvalue weighted by atomic mass is 16.6. The number of hydrogen-bond donors (Lipinski definition) is 2. The van der Waals surface area contributed by atoms with E-state index in [0.717, 1.165) is 19.3 Å². The molecule has 172 valence electrons. The molecule has 4 bridgehead atoms. The molecule has 6 rings (SSSR count). The molecule has 2 N–H and O–H groups in total. The first-order valence-electron chi connectivity index (χ1n) is 11.6. The molecule has 0 aromatic heterocycles. The Balaban J connectivity index is 1.10. The topological polar surface area (TPSA) is 103 Å². The van der Waals surface area contributed by atoms with Crippen molar-refractivity contribution in [3.8, 4) is 11.5 Å². The number of esters is 1. The van der Waals surface area contributed by atoms with Crippen LogP contribution in [0.2, 0.25) is 0 Å². The predicted molar refractivity (Wildman–Crippen MR) is 115 cm³/mol. The highest BCUT2D eigenvalue weighted by Crippen LogP contribution is 2.60. The molecule has 8 heteroatoms. The van der Waals surface area contributed by atoms with Gasteiger partial charge >= 0.3 is 5.97 Å². The van der Waals surface area contributed by atoms with Crippen LogP contribution in [0.5, 0.6) is 11.5 Å². The van der Waals surface area contributed by atoms with Gasteiger partial charge in [-0.1, -0.05) is 0 Å². The molecule has 4 aliphatic carbocycles. The maximum absolute atomic E-state index is 13.0. The van der Waals surface area contributed by atoms with E-state index < -0.39 is 18.0 Å². The lowest BCUT2D eigenvalue weighted by molar-refractivity contribution is -0.155. The van der Waals surface area contributed by atoms with Crippen molar-refractivity contribution in [2.45, 2.75) is 51.6 Å². The van der Waals surface area contributed by atoms with Crippen molar-refractivity contribution in [3.05, 3.63) is 18.2 Å². The predicted octanol–water partition coefficient (Wildman–Crippen LogP) is 2.66. The summed E-state index contributed by atoms with van der Waals surface area (Å²) in [6.07, 6.45) is 5.59. The monoisotopic (exact) mass is 442 g/mol. The van der Waals surface area contributed by atoms with E-state index in [0.29, 0.717) is 48.2 Å². The number of carbonyl (C=O) groups excluding carboxylic acids is 3. The molecule has 32 heavy (non-hydrogen) atoms. The molecule has 1 aromatic carbocycles. The van der Waals surface area contributed by atoms with Crippen LogP contribution in [0.3, 0.4) is 0 Å². The zero-order valence-corrected chi connectivity index (χ0v) is 18.4. The Morgan fingerprint density at radius 3 is 2.31 bits per heavy atom. The summed E-state index contributed by atoms with van der Waals surface area (Å²) in [5, 5.41) is 5.50. The number of rotatable bonds is 6. The van der Waals surface area contributed by atoms with E-state index in [2.05, 4.69) is 10.6 Å². The molecule has 0 radical (unpaired) electrons. The van der Waals surface area contributed by atoms with Crippen molar-refractivity contribution in [2.75, 3.05) is 25.1 Å². The van der Waals surface area contributed by atoms with Gasteiger partial charge in [-0.2, -0.15) is 0 Å². The molecule has 1 heterocycles. The molecule has 1 aromatic rings. The highest BCUT2D eigenvalue weighted by molar-refractivity contribution is 5.95. The standard InChI is InChI=1S/C24H30N2O6/c1-14(22(28)26-18-2-3-19-20(9-18)31-5-4-30-19)32-21(27)13-25-23(29)24-10-15-6-16(11-24)8-17(7-15)12-24/h2-3,9,14-17H,4-8,10-13H2,1H3,(H,25,29)(H,26,28). The van der Waals surface area contributed by atoms with Gasteiger partial charge in [0.05, 0.1) is 0 Å². The second kappa shape index (κ2) is 8.30. The molecular formula is C24H30N2O6. The number of benzene rings is 1. The summed E-state index contributed by atoms with van der Waals surface area (Å²) in [7, 11) is 0. The van der Waals surface area contributed by atoms with Gasteiger partial charge in [0.2, 0.25) is 5.91 Å². The number of hydrogen-bond acceptors (Lipinski definition) is 6. The molecule has 0 spiro atoms. The summed E-state index contributed by atoms with van der Waals surface area (Å²) in [5.74, 6) is 2.06. The molecule has 1 aliphatic heterocycles. The Morgan fingerprint density at radius 1 is 1.03 bits per heavy atom. The molecule has 8 nitrogen and oxygen atoms in total. The lowest BCUT2D eigenvalue weighted by Crippen LogP contribution is -2.54. The SMILES string of the molecule is CC(OC(=O)CNC(=O)C12CC3CC(CC(C3)C1)C2)C(=O)Nc1ccc2c(c1)OCCO2. The van der Waals surface area contributed by atoms with E-state index in [-0.39, 0.29) is 17.9 Å². The van der Waals surface area contributed by atoms with Crippen molar-refractivity contribution >= 4 is 23.5 Å². The second-order valence-corrected chi connectivity index (χ2v) is 9.86. The summed E-state index contributed by atoms with van der Waals surface area (Å²) in [5.41, 5.74) is 0.216. The van der Waals surface area contributed by atoms with Gasteiger partial charge in [-0.15, -0.1) is 0 Å². The molecule has 5 aliphatic rings. The van der Waals surface area contributed by atoms with Crippen molar-refractivity contribution in [1.29, 1.82) is 0 Å². The number of fused-ring (bicyclic) bond motifs is 1. The Morgan fingerprint density at radius 2 is 1.66 bits per heavy atom. The van der Waals surface area contributed by atoms with Crippen LogP contribution >= 0.6 is 0 Å². The van der Waals surface area contributed by atoms with Crippen molar-refractivity contribution in [3.63, 3.8) is 0 Å². The summed E-state index contributed by atoms with van der Waals surface area (Å²) < 4.78 is 16.2. The van der Waals surface area contributed by atoms with E-state index in [9.17, 15) is 14.4 Å². The van der Waals surface area contributed by atoms with Gasteiger partial charge in [-0.05, 0) is 75.3 Å². The number of amides is 2. The Hall–Kier alpha value is -2.77. The van der Waals surface area contributed by atoms with Gasteiger partial charge in [-0.25, -0.2) is 0 Å². The minimum absolute atomic E-state index is 0.0260. The van der Waals surface area contributed by atoms with Crippen LogP contribution in [0.25, 0.3) is 0 Å². The van der Waals surface area contributed by atoms with E-state index in [1.807, 2.05) is 0 Å². The minimum atomic E-state index is -0.993. The number of nitrogens with one attached hydrogen (secondary N) is 2. The van der Waals surface area contributed by atoms with Crippen LogP contribution in [0.1, 0.15) is 45.4 Å². The summed E-state index contributed by atoms with van der Waals surface area (Å²) >= 11 is 0. The van der Waals surface area contributed by atoms with E-state index in [1.54, 1.807) is 18.2 Å². The van der Waals surface area contributed by atoms with E-state index >= 15 is 0 Å². The van der Waals surface area contributed by atoms with Gasteiger partial charge in [-0.3, -0.25) is 14.4 Å². The van der Waals surface area contributed by atoms with Crippen molar-refractivity contribution in [2.24, 2.45) is 23.2 Å². The Bertz CT molecular complexity index is 894.